The Morgan fingerprint density at radius 3 is 2.80 bits per heavy atom. The fraction of sp³-hybridized carbons (Fsp3) is 0.750. The lowest BCUT2D eigenvalue weighted by Crippen LogP contribution is -2.44. The highest BCUT2D eigenvalue weighted by Gasteiger charge is 1.94. The monoisotopic (exact) mass is 258 g/mol. The summed E-state index contributed by atoms with van der Waals surface area (Å²) in [7, 11) is 0. The maximum atomic E-state index is 10.6. The molecule has 0 saturated heterocycles. The number of hydrogen-bond acceptors (Lipinski definition) is 4. The van der Waals surface area contributed by atoms with E-state index in [0.717, 1.165) is 11.0 Å². The molecule has 0 atom stereocenters. The van der Waals surface area contributed by atoms with Gasteiger partial charge in [0.25, 0.3) is 0 Å². The van der Waals surface area contributed by atoms with Crippen LogP contribution in [0.1, 0.15) is 0 Å². The number of carbonyl (C=O) groups excluding carboxylic acids is 1. The smallest absolute Gasteiger partial charge is 0.249 e. The van der Waals surface area contributed by atoms with Crippen molar-refractivity contribution in [1.82, 2.24) is 16.3 Å². The molecule has 0 fully saturated rings. The van der Waals surface area contributed by atoms with Crippen LogP contribution in [0.2, 0.25) is 0 Å². The third kappa shape index (κ3) is 6.20. The normalized spacial score (nSPS) is 9.40. The van der Waals surface area contributed by atoms with Gasteiger partial charge in [-0.15, -0.1) is 0 Å². The highest BCUT2D eigenvalue weighted by molar-refractivity contribution is 14.1. The summed E-state index contributed by atoms with van der Waals surface area (Å²) in [5, 5.41) is 0. The SMILES string of the molecule is NNCC(=O)NNCCI. The van der Waals surface area contributed by atoms with E-state index < -0.39 is 0 Å². The van der Waals surface area contributed by atoms with E-state index in [0.29, 0.717) is 0 Å². The van der Waals surface area contributed by atoms with Gasteiger partial charge in [0.2, 0.25) is 5.91 Å². The maximum Gasteiger partial charge on any atom is 0.249 e. The second kappa shape index (κ2) is 7.19. The van der Waals surface area contributed by atoms with Gasteiger partial charge in [-0.2, -0.15) is 0 Å². The summed E-state index contributed by atoms with van der Waals surface area (Å²) >= 11 is 2.20. The van der Waals surface area contributed by atoms with Gasteiger partial charge >= 0.3 is 0 Å². The molecule has 0 bridgehead atoms. The molecule has 0 saturated carbocycles. The van der Waals surface area contributed by atoms with Crippen LogP contribution in [-0.2, 0) is 4.79 Å². The Hall–Kier alpha value is 0.0800. The Bertz CT molecular complexity index is 99.3. The van der Waals surface area contributed by atoms with Gasteiger partial charge in [0.1, 0.15) is 0 Å². The molecule has 5 nitrogen and oxygen atoms in total. The summed E-state index contributed by atoms with van der Waals surface area (Å²) in [6.45, 7) is 0.894. The molecule has 0 spiro atoms. The van der Waals surface area contributed by atoms with Crippen LogP contribution in [0.4, 0.5) is 0 Å². The van der Waals surface area contributed by atoms with E-state index in [2.05, 4.69) is 38.9 Å². The molecule has 60 valence electrons. The number of nitrogens with two attached hydrogens (primary N) is 1. The first-order valence-corrected chi connectivity index (χ1v) is 4.35. The largest absolute Gasteiger partial charge is 0.290 e. The second-order valence-corrected chi connectivity index (χ2v) is 2.62. The van der Waals surface area contributed by atoms with Crippen LogP contribution >= 0.6 is 22.6 Å². The Morgan fingerprint density at radius 1 is 1.60 bits per heavy atom. The van der Waals surface area contributed by atoms with E-state index in [1.807, 2.05) is 0 Å². The van der Waals surface area contributed by atoms with E-state index in [9.17, 15) is 4.79 Å². The fourth-order valence-electron chi connectivity index (χ4n) is 0.345. The molecular weight excluding hydrogens is 247 g/mol. The molecule has 0 aromatic carbocycles. The van der Waals surface area contributed by atoms with E-state index >= 15 is 0 Å². The van der Waals surface area contributed by atoms with Gasteiger partial charge in [0.15, 0.2) is 0 Å². The van der Waals surface area contributed by atoms with Crippen LogP contribution in [0.25, 0.3) is 0 Å². The molecule has 0 aliphatic rings. The van der Waals surface area contributed by atoms with E-state index in [1.54, 1.807) is 0 Å². The van der Waals surface area contributed by atoms with Crippen molar-refractivity contribution < 1.29 is 4.79 Å². The quantitative estimate of drug-likeness (QED) is 0.159. The van der Waals surface area contributed by atoms with Gasteiger partial charge in [-0.3, -0.25) is 21.5 Å². The summed E-state index contributed by atoms with van der Waals surface area (Å²) in [5.74, 6) is 4.73. The summed E-state index contributed by atoms with van der Waals surface area (Å²) in [4.78, 5) is 10.6. The topological polar surface area (TPSA) is 79.2 Å². The molecule has 0 aliphatic carbocycles. The average molecular weight is 258 g/mol. The van der Waals surface area contributed by atoms with Crippen LogP contribution in [0, 0.1) is 0 Å². The molecule has 5 N–H and O–H groups in total. The average Bonchev–Trinajstić information content (AvgIpc) is 1.89. The molecule has 0 heterocycles. The van der Waals surface area contributed by atoms with Gasteiger partial charge in [-0.1, -0.05) is 22.6 Å². The molecular formula is C4H11IN4O. The molecule has 0 aromatic heterocycles. The van der Waals surface area contributed by atoms with E-state index in [1.165, 1.54) is 0 Å². The Balaban J connectivity index is 3.05. The highest BCUT2D eigenvalue weighted by Crippen LogP contribution is 1.73. The number of rotatable bonds is 5. The molecule has 0 aromatic rings. The Kier molecular flexibility index (Phi) is 7.25. The Labute approximate surface area is 73.2 Å². The molecule has 1 amide bonds. The van der Waals surface area contributed by atoms with Gasteiger partial charge in [0.05, 0.1) is 6.54 Å². The number of halogens is 1. The van der Waals surface area contributed by atoms with Crippen molar-refractivity contribution in [2.45, 2.75) is 0 Å². The van der Waals surface area contributed by atoms with Gasteiger partial charge in [-0.05, 0) is 0 Å². The van der Waals surface area contributed by atoms with Gasteiger partial charge in [-0.25, -0.2) is 5.43 Å². The van der Waals surface area contributed by atoms with Crippen molar-refractivity contribution >= 4 is 28.5 Å². The highest BCUT2D eigenvalue weighted by atomic mass is 127. The van der Waals surface area contributed by atoms with Crippen LogP contribution in [-0.4, -0.2) is 23.4 Å². The number of nitrogens with one attached hydrogen (secondary N) is 3. The third-order valence-corrected chi connectivity index (χ3v) is 1.25. The number of hydrazine groups is 2. The predicted molar refractivity (Wildman–Crippen MR) is 47.2 cm³/mol. The molecule has 0 radical (unpaired) electrons. The molecule has 6 heteroatoms. The number of amides is 1. The van der Waals surface area contributed by atoms with Gasteiger partial charge < -0.3 is 0 Å². The van der Waals surface area contributed by atoms with Crippen molar-refractivity contribution in [3.8, 4) is 0 Å². The fourth-order valence-corrected chi connectivity index (χ4v) is 0.615. The lowest BCUT2D eigenvalue weighted by Gasteiger charge is -2.03. The lowest BCUT2D eigenvalue weighted by molar-refractivity contribution is -0.121. The van der Waals surface area contributed by atoms with Crippen LogP contribution < -0.4 is 22.1 Å². The second-order valence-electron chi connectivity index (χ2n) is 1.54. The van der Waals surface area contributed by atoms with E-state index in [4.69, 9.17) is 5.84 Å². The van der Waals surface area contributed by atoms with Crippen molar-refractivity contribution in [2.75, 3.05) is 17.5 Å². The first-order chi connectivity index (χ1) is 4.81. The molecule has 0 aliphatic heterocycles. The molecule has 0 rings (SSSR count). The number of hydrogen-bond donors (Lipinski definition) is 4. The van der Waals surface area contributed by atoms with Crippen LogP contribution in [0.15, 0.2) is 0 Å². The molecule has 0 unspecified atom stereocenters. The summed E-state index contributed by atoms with van der Waals surface area (Å²) in [5.41, 5.74) is 7.41. The van der Waals surface area contributed by atoms with Crippen molar-refractivity contribution in [3.63, 3.8) is 0 Å². The number of carbonyl (C=O) groups is 1. The summed E-state index contributed by atoms with van der Waals surface area (Å²) < 4.78 is 0.952. The van der Waals surface area contributed by atoms with Crippen LogP contribution in [0.3, 0.4) is 0 Å². The predicted octanol–water partition coefficient (Wildman–Crippen LogP) is -1.49. The minimum atomic E-state index is -0.160. The number of alkyl halides is 1. The summed E-state index contributed by atoms with van der Waals surface area (Å²) in [6, 6.07) is 0. The first-order valence-electron chi connectivity index (χ1n) is 2.82. The van der Waals surface area contributed by atoms with E-state index in [-0.39, 0.29) is 12.5 Å². The minimum Gasteiger partial charge on any atom is -0.290 e. The minimum absolute atomic E-state index is 0.133. The third-order valence-electron chi connectivity index (χ3n) is 0.710. The van der Waals surface area contributed by atoms with Crippen molar-refractivity contribution in [3.05, 3.63) is 0 Å². The first kappa shape index (κ1) is 10.1. The zero-order valence-electron chi connectivity index (χ0n) is 5.48. The maximum absolute atomic E-state index is 10.6. The molecule has 10 heavy (non-hydrogen) atoms. The van der Waals surface area contributed by atoms with Crippen molar-refractivity contribution in [1.29, 1.82) is 0 Å². The zero-order valence-corrected chi connectivity index (χ0v) is 7.64. The van der Waals surface area contributed by atoms with Crippen molar-refractivity contribution in [2.24, 2.45) is 5.84 Å². The van der Waals surface area contributed by atoms with Gasteiger partial charge in [0, 0.05) is 11.0 Å². The standard InChI is InChI=1S/C4H11IN4O/c5-1-2-8-9-4(10)3-7-6/h7-8H,1-3,6H2,(H,9,10). The lowest BCUT2D eigenvalue weighted by atomic mass is 10.6. The Morgan fingerprint density at radius 2 is 2.30 bits per heavy atom. The zero-order chi connectivity index (χ0) is 7.82. The van der Waals surface area contributed by atoms with Crippen LogP contribution in [0.5, 0.6) is 0 Å². The summed E-state index contributed by atoms with van der Waals surface area (Å²) in [6.07, 6.45) is 0.